The van der Waals surface area contributed by atoms with Crippen LogP contribution in [0.2, 0.25) is 0 Å². The van der Waals surface area contributed by atoms with Gasteiger partial charge in [0.1, 0.15) is 0 Å². The van der Waals surface area contributed by atoms with E-state index in [1.54, 1.807) is 11.3 Å². The van der Waals surface area contributed by atoms with Crippen LogP contribution in [-0.4, -0.2) is 33.0 Å². The van der Waals surface area contributed by atoms with Crippen LogP contribution in [-0.2, 0) is 11.3 Å². The van der Waals surface area contributed by atoms with Gasteiger partial charge in [-0.3, -0.25) is 4.79 Å². The maximum atomic E-state index is 11.9. The minimum atomic E-state index is 0.0647. The van der Waals surface area contributed by atoms with Gasteiger partial charge in [-0.1, -0.05) is 44.0 Å². The minimum absolute atomic E-state index is 0.0647. The van der Waals surface area contributed by atoms with E-state index < -0.39 is 0 Å². The third kappa shape index (κ3) is 5.35. The van der Waals surface area contributed by atoms with Gasteiger partial charge in [-0.15, -0.1) is 21.5 Å². The fourth-order valence-corrected chi connectivity index (χ4v) is 3.78. The zero-order valence-electron chi connectivity index (χ0n) is 13.7. The van der Waals surface area contributed by atoms with E-state index in [1.165, 1.54) is 31.0 Å². The molecule has 126 valence electrons. The number of hydrogen-bond acceptors (Lipinski definition) is 5. The van der Waals surface area contributed by atoms with Gasteiger partial charge < -0.3 is 9.88 Å². The second-order valence-corrected chi connectivity index (χ2v) is 7.12. The van der Waals surface area contributed by atoms with Gasteiger partial charge in [0.15, 0.2) is 11.0 Å². The van der Waals surface area contributed by atoms with E-state index >= 15 is 0 Å². The Morgan fingerprint density at radius 2 is 2.17 bits per heavy atom. The monoisotopic (exact) mass is 352 g/mol. The van der Waals surface area contributed by atoms with E-state index in [4.69, 9.17) is 0 Å². The fraction of sp³-hybridized carbons (Fsp3) is 0.562. The van der Waals surface area contributed by atoms with E-state index in [-0.39, 0.29) is 5.91 Å². The van der Waals surface area contributed by atoms with Crippen molar-refractivity contribution >= 4 is 29.0 Å². The molecule has 0 radical (unpaired) electrons. The number of nitrogens with one attached hydrogen (secondary N) is 1. The van der Waals surface area contributed by atoms with Crippen molar-refractivity contribution < 1.29 is 4.79 Å². The Labute approximate surface area is 145 Å². The van der Waals surface area contributed by atoms with Gasteiger partial charge in [-0.2, -0.15) is 0 Å². The smallest absolute Gasteiger partial charge is 0.230 e. The van der Waals surface area contributed by atoms with E-state index in [0.29, 0.717) is 5.75 Å². The first-order valence-electron chi connectivity index (χ1n) is 8.12. The lowest BCUT2D eigenvalue weighted by Crippen LogP contribution is -2.26. The molecule has 0 aliphatic rings. The van der Waals surface area contributed by atoms with Crippen molar-refractivity contribution in [1.29, 1.82) is 0 Å². The molecule has 0 saturated carbocycles. The molecular weight excluding hydrogens is 328 g/mol. The lowest BCUT2D eigenvalue weighted by Gasteiger charge is -2.07. The Bertz CT molecular complexity index is 595. The molecule has 0 saturated heterocycles. The van der Waals surface area contributed by atoms with Crippen LogP contribution >= 0.6 is 23.1 Å². The summed E-state index contributed by atoms with van der Waals surface area (Å²) in [6, 6.07) is 4.05. The molecular formula is C16H24N4OS2. The summed E-state index contributed by atoms with van der Waals surface area (Å²) in [6.45, 7) is 5.81. The number of hydrogen-bond donors (Lipinski definition) is 1. The van der Waals surface area contributed by atoms with Crippen LogP contribution in [0.15, 0.2) is 22.7 Å². The SMILES string of the molecule is CCCCCCNC(=O)CSc1nnc(-c2cccs2)n1CC. The maximum Gasteiger partial charge on any atom is 0.230 e. The number of thioether (sulfide) groups is 1. The quantitative estimate of drug-likeness (QED) is 0.522. The van der Waals surface area contributed by atoms with E-state index in [9.17, 15) is 4.79 Å². The van der Waals surface area contributed by atoms with E-state index in [1.807, 2.05) is 17.5 Å². The van der Waals surface area contributed by atoms with Crippen LogP contribution in [0.4, 0.5) is 0 Å². The molecule has 1 N–H and O–H groups in total. The highest BCUT2D eigenvalue weighted by atomic mass is 32.2. The van der Waals surface area contributed by atoms with Crippen molar-refractivity contribution in [3.8, 4) is 10.7 Å². The third-order valence-electron chi connectivity index (χ3n) is 3.46. The first-order chi connectivity index (χ1) is 11.3. The Morgan fingerprint density at radius 1 is 1.30 bits per heavy atom. The number of carbonyl (C=O) groups is 1. The predicted molar refractivity (Wildman–Crippen MR) is 96.9 cm³/mol. The zero-order valence-corrected chi connectivity index (χ0v) is 15.4. The Balaban J connectivity index is 1.83. The van der Waals surface area contributed by atoms with Crippen molar-refractivity contribution in [2.24, 2.45) is 0 Å². The number of carbonyl (C=O) groups excluding carboxylic acids is 1. The molecule has 23 heavy (non-hydrogen) atoms. The molecule has 0 fully saturated rings. The summed E-state index contributed by atoms with van der Waals surface area (Å²) in [4.78, 5) is 13.0. The molecule has 0 aliphatic carbocycles. The summed E-state index contributed by atoms with van der Waals surface area (Å²) >= 11 is 3.10. The Kier molecular flexibility index (Phi) is 7.61. The summed E-state index contributed by atoms with van der Waals surface area (Å²) in [5.41, 5.74) is 0. The van der Waals surface area contributed by atoms with Crippen molar-refractivity contribution in [1.82, 2.24) is 20.1 Å². The van der Waals surface area contributed by atoms with Crippen LogP contribution in [0, 0.1) is 0 Å². The molecule has 0 spiro atoms. The molecule has 2 aromatic rings. The largest absolute Gasteiger partial charge is 0.355 e. The molecule has 2 rings (SSSR count). The molecule has 1 amide bonds. The van der Waals surface area contributed by atoms with E-state index in [0.717, 1.165) is 35.4 Å². The zero-order chi connectivity index (χ0) is 16.5. The van der Waals surface area contributed by atoms with Crippen LogP contribution in [0.1, 0.15) is 39.5 Å². The summed E-state index contributed by atoms with van der Waals surface area (Å²) < 4.78 is 2.06. The van der Waals surface area contributed by atoms with Gasteiger partial charge in [0, 0.05) is 13.1 Å². The molecule has 0 unspecified atom stereocenters. The first kappa shape index (κ1) is 18.0. The topological polar surface area (TPSA) is 59.8 Å². The lowest BCUT2D eigenvalue weighted by atomic mass is 10.2. The normalized spacial score (nSPS) is 10.9. The number of amides is 1. The van der Waals surface area contributed by atoms with Crippen LogP contribution in [0.25, 0.3) is 10.7 Å². The molecule has 0 bridgehead atoms. The second-order valence-electron chi connectivity index (χ2n) is 5.23. The van der Waals surface area contributed by atoms with Crippen molar-refractivity contribution in [2.45, 2.75) is 51.2 Å². The van der Waals surface area contributed by atoms with Gasteiger partial charge >= 0.3 is 0 Å². The number of nitrogens with zero attached hydrogens (tertiary/aromatic N) is 3. The molecule has 0 aliphatic heterocycles. The predicted octanol–water partition coefficient (Wildman–Crippen LogP) is 3.82. The van der Waals surface area contributed by atoms with Gasteiger partial charge in [-0.05, 0) is 24.8 Å². The molecule has 2 heterocycles. The molecule has 2 aromatic heterocycles. The van der Waals surface area contributed by atoms with Crippen LogP contribution < -0.4 is 5.32 Å². The highest BCUT2D eigenvalue weighted by Gasteiger charge is 2.14. The van der Waals surface area contributed by atoms with Crippen LogP contribution in [0.5, 0.6) is 0 Å². The standard InChI is InChI=1S/C16H24N4OS2/c1-3-5-6-7-10-17-14(21)12-23-16-19-18-15(20(16)4-2)13-9-8-11-22-13/h8-9,11H,3-7,10,12H2,1-2H3,(H,17,21). The molecule has 7 heteroatoms. The number of aromatic nitrogens is 3. The molecule has 5 nitrogen and oxygen atoms in total. The van der Waals surface area contributed by atoms with Crippen molar-refractivity contribution in [3.05, 3.63) is 17.5 Å². The van der Waals surface area contributed by atoms with E-state index in [2.05, 4.69) is 33.9 Å². The Hall–Kier alpha value is -1.34. The molecule has 0 atom stereocenters. The Morgan fingerprint density at radius 3 is 2.87 bits per heavy atom. The van der Waals surface area contributed by atoms with Gasteiger partial charge in [0.25, 0.3) is 0 Å². The van der Waals surface area contributed by atoms with Gasteiger partial charge in [0.05, 0.1) is 10.6 Å². The molecule has 0 aromatic carbocycles. The average Bonchev–Trinajstić information content (AvgIpc) is 3.21. The minimum Gasteiger partial charge on any atom is -0.355 e. The summed E-state index contributed by atoms with van der Waals surface area (Å²) in [5, 5.41) is 14.3. The highest BCUT2D eigenvalue weighted by Crippen LogP contribution is 2.26. The van der Waals surface area contributed by atoms with Crippen LogP contribution in [0.3, 0.4) is 0 Å². The van der Waals surface area contributed by atoms with Crippen molar-refractivity contribution in [3.63, 3.8) is 0 Å². The summed E-state index contributed by atoms with van der Waals surface area (Å²) in [5.74, 6) is 1.33. The maximum absolute atomic E-state index is 11.9. The number of rotatable bonds is 10. The third-order valence-corrected chi connectivity index (χ3v) is 5.29. The fourth-order valence-electron chi connectivity index (χ4n) is 2.23. The average molecular weight is 353 g/mol. The highest BCUT2D eigenvalue weighted by molar-refractivity contribution is 7.99. The van der Waals surface area contributed by atoms with Gasteiger partial charge in [0.2, 0.25) is 5.91 Å². The lowest BCUT2D eigenvalue weighted by molar-refractivity contribution is -0.118. The summed E-state index contributed by atoms with van der Waals surface area (Å²) in [7, 11) is 0. The summed E-state index contributed by atoms with van der Waals surface area (Å²) in [6.07, 6.45) is 4.68. The number of unbranched alkanes of at least 4 members (excludes halogenated alkanes) is 3. The first-order valence-corrected chi connectivity index (χ1v) is 9.99. The second kappa shape index (κ2) is 9.72. The number of thiophene rings is 1. The van der Waals surface area contributed by atoms with Gasteiger partial charge in [-0.25, -0.2) is 0 Å². The van der Waals surface area contributed by atoms with Crippen molar-refractivity contribution in [2.75, 3.05) is 12.3 Å².